The number of H-pyrrole nitrogens is 1. The second kappa shape index (κ2) is 4.53. The first-order valence-electron chi connectivity index (χ1n) is 5.58. The summed E-state index contributed by atoms with van der Waals surface area (Å²) in [6.45, 7) is 2.90. The number of anilines is 1. The lowest BCUT2D eigenvalue weighted by Gasteiger charge is -2.26. The van der Waals surface area contributed by atoms with E-state index in [2.05, 4.69) is 41.0 Å². The Morgan fingerprint density at radius 3 is 3.06 bits per heavy atom. The van der Waals surface area contributed by atoms with Crippen molar-refractivity contribution in [1.29, 1.82) is 0 Å². The molecule has 1 aromatic heterocycles. The summed E-state index contributed by atoms with van der Waals surface area (Å²) in [5, 5.41) is 0. The second-order valence-electron chi connectivity index (χ2n) is 4.14. The van der Waals surface area contributed by atoms with E-state index in [1.165, 1.54) is 5.69 Å². The fourth-order valence-corrected chi connectivity index (χ4v) is 1.83. The highest BCUT2D eigenvalue weighted by molar-refractivity contribution is 5.79. The van der Waals surface area contributed by atoms with E-state index >= 15 is 0 Å². The molecule has 0 aliphatic carbocycles. The van der Waals surface area contributed by atoms with Crippen LogP contribution in [0, 0.1) is 0 Å². The molecule has 0 radical (unpaired) electrons. The van der Waals surface area contributed by atoms with Crippen molar-refractivity contribution in [3.8, 4) is 0 Å². The maximum absolute atomic E-state index is 5.58. The van der Waals surface area contributed by atoms with Crippen LogP contribution in [0.3, 0.4) is 0 Å². The zero-order valence-electron chi connectivity index (χ0n) is 9.77. The molecule has 0 amide bonds. The van der Waals surface area contributed by atoms with E-state index in [-0.39, 0.29) is 0 Å². The molecule has 0 saturated heterocycles. The first-order valence-corrected chi connectivity index (χ1v) is 5.58. The number of hydrogen-bond acceptors (Lipinski definition) is 3. The molecule has 0 spiro atoms. The van der Waals surface area contributed by atoms with Gasteiger partial charge in [-0.3, -0.25) is 0 Å². The SMILES string of the molecule is CC(CCN)N(C)c1ccc2nc[nH]c2c1. The number of nitrogens with one attached hydrogen (secondary N) is 1. The summed E-state index contributed by atoms with van der Waals surface area (Å²) in [5.41, 5.74) is 8.85. The highest BCUT2D eigenvalue weighted by atomic mass is 15.1. The number of hydrogen-bond donors (Lipinski definition) is 2. The Kier molecular flexibility index (Phi) is 3.10. The van der Waals surface area contributed by atoms with Gasteiger partial charge in [0.15, 0.2) is 0 Å². The van der Waals surface area contributed by atoms with Gasteiger partial charge in [0.25, 0.3) is 0 Å². The van der Waals surface area contributed by atoms with Crippen LogP contribution in [-0.4, -0.2) is 29.6 Å². The Balaban J connectivity index is 2.24. The molecule has 0 saturated carbocycles. The maximum atomic E-state index is 5.58. The number of fused-ring (bicyclic) bond motifs is 1. The molecule has 0 aliphatic rings. The van der Waals surface area contributed by atoms with Crippen molar-refractivity contribution >= 4 is 16.7 Å². The van der Waals surface area contributed by atoms with Crippen LogP contribution in [0.5, 0.6) is 0 Å². The van der Waals surface area contributed by atoms with E-state index in [0.29, 0.717) is 6.04 Å². The van der Waals surface area contributed by atoms with E-state index in [0.717, 1.165) is 24.0 Å². The summed E-state index contributed by atoms with van der Waals surface area (Å²) in [5.74, 6) is 0. The molecule has 0 fully saturated rings. The zero-order chi connectivity index (χ0) is 11.5. The summed E-state index contributed by atoms with van der Waals surface area (Å²) >= 11 is 0. The smallest absolute Gasteiger partial charge is 0.0931 e. The van der Waals surface area contributed by atoms with Gasteiger partial charge in [-0.2, -0.15) is 0 Å². The Bertz CT molecular complexity index is 463. The summed E-state index contributed by atoms with van der Waals surface area (Å²) in [6, 6.07) is 6.70. The topological polar surface area (TPSA) is 57.9 Å². The molecular formula is C12H18N4. The van der Waals surface area contributed by atoms with E-state index in [1.54, 1.807) is 6.33 Å². The third kappa shape index (κ3) is 2.02. The molecule has 1 unspecified atom stereocenters. The Morgan fingerprint density at radius 1 is 1.50 bits per heavy atom. The summed E-state index contributed by atoms with van der Waals surface area (Å²) < 4.78 is 0. The van der Waals surface area contributed by atoms with E-state index in [1.807, 2.05) is 6.07 Å². The van der Waals surface area contributed by atoms with Crippen LogP contribution in [0.15, 0.2) is 24.5 Å². The van der Waals surface area contributed by atoms with Gasteiger partial charge in [0.2, 0.25) is 0 Å². The van der Waals surface area contributed by atoms with Crippen molar-refractivity contribution < 1.29 is 0 Å². The zero-order valence-corrected chi connectivity index (χ0v) is 9.77. The van der Waals surface area contributed by atoms with Crippen LogP contribution in [-0.2, 0) is 0 Å². The van der Waals surface area contributed by atoms with Gasteiger partial charge in [-0.05, 0) is 38.1 Å². The monoisotopic (exact) mass is 218 g/mol. The van der Waals surface area contributed by atoms with Crippen LogP contribution >= 0.6 is 0 Å². The van der Waals surface area contributed by atoms with Gasteiger partial charge in [-0.25, -0.2) is 4.98 Å². The summed E-state index contributed by atoms with van der Waals surface area (Å²) in [6.07, 6.45) is 2.72. The minimum Gasteiger partial charge on any atom is -0.372 e. The van der Waals surface area contributed by atoms with Gasteiger partial charge in [-0.1, -0.05) is 0 Å². The van der Waals surface area contributed by atoms with Gasteiger partial charge >= 0.3 is 0 Å². The number of imidazole rings is 1. The molecule has 1 atom stereocenters. The minimum absolute atomic E-state index is 0.449. The molecular weight excluding hydrogens is 200 g/mol. The fraction of sp³-hybridized carbons (Fsp3) is 0.417. The molecule has 2 aromatic rings. The normalized spacial score (nSPS) is 12.9. The molecule has 1 aromatic carbocycles. The van der Waals surface area contributed by atoms with Crippen molar-refractivity contribution in [2.75, 3.05) is 18.5 Å². The predicted molar refractivity (Wildman–Crippen MR) is 67.6 cm³/mol. The van der Waals surface area contributed by atoms with Crippen molar-refractivity contribution in [3.63, 3.8) is 0 Å². The maximum Gasteiger partial charge on any atom is 0.0931 e. The third-order valence-corrected chi connectivity index (χ3v) is 3.06. The third-order valence-electron chi connectivity index (χ3n) is 3.06. The second-order valence-corrected chi connectivity index (χ2v) is 4.14. The summed E-state index contributed by atoms with van der Waals surface area (Å²) in [7, 11) is 2.10. The minimum atomic E-state index is 0.449. The molecule has 0 aliphatic heterocycles. The van der Waals surface area contributed by atoms with Crippen LogP contribution < -0.4 is 10.6 Å². The lowest BCUT2D eigenvalue weighted by Crippen LogP contribution is -2.30. The van der Waals surface area contributed by atoms with Crippen LogP contribution in [0.1, 0.15) is 13.3 Å². The van der Waals surface area contributed by atoms with Gasteiger partial charge in [-0.15, -0.1) is 0 Å². The summed E-state index contributed by atoms with van der Waals surface area (Å²) in [4.78, 5) is 9.57. The lowest BCUT2D eigenvalue weighted by molar-refractivity contribution is 0.635. The van der Waals surface area contributed by atoms with Gasteiger partial charge in [0.1, 0.15) is 0 Å². The predicted octanol–water partition coefficient (Wildman–Crippen LogP) is 1.74. The molecule has 0 bridgehead atoms. The Morgan fingerprint density at radius 2 is 2.31 bits per heavy atom. The van der Waals surface area contributed by atoms with Crippen molar-refractivity contribution in [1.82, 2.24) is 9.97 Å². The molecule has 86 valence electrons. The van der Waals surface area contributed by atoms with Gasteiger partial charge < -0.3 is 15.6 Å². The van der Waals surface area contributed by atoms with Crippen molar-refractivity contribution in [2.45, 2.75) is 19.4 Å². The molecule has 3 N–H and O–H groups in total. The highest BCUT2D eigenvalue weighted by Gasteiger charge is 2.09. The first kappa shape index (κ1) is 11.0. The average Bonchev–Trinajstić information content (AvgIpc) is 2.75. The van der Waals surface area contributed by atoms with Crippen LogP contribution in [0.2, 0.25) is 0 Å². The van der Waals surface area contributed by atoms with Crippen LogP contribution in [0.25, 0.3) is 11.0 Å². The number of nitrogens with zero attached hydrogens (tertiary/aromatic N) is 2. The number of aromatic nitrogens is 2. The number of rotatable bonds is 4. The Labute approximate surface area is 95.5 Å². The Hall–Kier alpha value is -1.55. The molecule has 16 heavy (non-hydrogen) atoms. The van der Waals surface area contributed by atoms with Gasteiger partial charge in [0, 0.05) is 18.8 Å². The lowest BCUT2D eigenvalue weighted by atomic mass is 10.2. The number of benzene rings is 1. The molecule has 1 heterocycles. The largest absolute Gasteiger partial charge is 0.372 e. The van der Waals surface area contributed by atoms with E-state index in [9.17, 15) is 0 Å². The number of nitrogens with two attached hydrogens (primary N) is 1. The average molecular weight is 218 g/mol. The van der Waals surface area contributed by atoms with E-state index < -0.39 is 0 Å². The quantitative estimate of drug-likeness (QED) is 0.821. The van der Waals surface area contributed by atoms with Crippen molar-refractivity contribution in [2.24, 2.45) is 5.73 Å². The van der Waals surface area contributed by atoms with E-state index in [4.69, 9.17) is 5.73 Å². The number of aromatic amines is 1. The van der Waals surface area contributed by atoms with Gasteiger partial charge in [0.05, 0.1) is 17.4 Å². The van der Waals surface area contributed by atoms with Crippen LogP contribution in [0.4, 0.5) is 5.69 Å². The molecule has 2 rings (SSSR count). The molecule has 4 heteroatoms. The standard InChI is InChI=1S/C12H18N4/c1-9(5-6-13)16(2)10-3-4-11-12(7-10)15-8-14-11/h3-4,7-9H,5-6,13H2,1-2H3,(H,14,15). The molecule has 4 nitrogen and oxygen atoms in total. The first-order chi connectivity index (χ1) is 7.72. The fourth-order valence-electron chi connectivity index (χ4n) is 1.83. The van der Waals surface area contributed by atoms with Crippen molar-refractivity contribution in [3.05, 3.63) is 24.5 Å². The highest BCUT2D eigenvalue weighted by Crippen LogP contribution is 2.20.